The summed E-state index contributed by atoms with van der Waals surface area (Å²) in [5.74, 6) is 0.127. The summed E-state index contributed by atoms with van der Waals surface area (Å²) in [6.07, 6.45) is 3.82. The average Bonchev–Trinajstić information content (AvgIpc) is 3.18. The third-order valence-electron chi connectivity index (χ3n) is 4.65. The van der Waals surface area contributed by atoms with Gasteiger partial charge in [0.05, 0.1) is 6.04 Å². The Kier molecular flexibility index (Phi) is 4.66. The van der Waals surface area contributed by atoms with Crippen molar-refractivity contribution in [2.45, 2.75) is 44.7 Å². The number of rotatable bonds is 2. The van der Waals surface area contributed by atoms with Gasteiger partial charge in [0.15, 0.2) is 0 Å². The summed E-state index contributed by atoms with van der Waals surface area (Å²) in [7, 11) is 0. The van der Waals surface area contributed by atoms with Gasteiger partial charge in [0.2, 0.25) is 5.91 Å². The molecule has 2 saturated heterocycles. The smallest absolute Gasteiger partial charge is 0.318 e. The van der Waals surface area contributed by atoms with Crippen LogP contribution < -0.4 is 5.32 Å². The minimum Gasteiger partial charge on any atom is -0.343 e. The van der Waals surface area contributed by atoms with Crippen LogP contribution in [-0.4, -0.2) is 47.4 Å². The van der Waals surface area contributed by atoms with Gasteiger partial charge in [0.25, 0.3) is 0 Å². The van der Waals surface area contributed by atoms with Crippen molar-refractivity contribution in [1.29, 1.82) is 0 Å². The lowest BCUT2D eigenvalue weighted by molar-refractivity contribution is -0.129. The van der Waals surface area contributed by atoms with Crippen molar-refractivity contribution in [3.63, 3.8) is 0 Å². The number of nitrogens with zero attached hydrogens (tertiary/aromatic N) is 2. The largest absolute Gasteiger partial charge is 0.343 e. The van der Waals surface area contributed by atoms with E-state index in [0.29, 0.717) is 0 Å². The summed E-state index contributed by atoms with van der Waals surface area (Å²) in [6, 6.07) is 4.64. The first-order valence-electron chi connectivity index (χ1n) is 8.01. The minimum absolute atomic E-state index is 0.0529. The fourth-order valence-corrected chi connectivity index (χ4v) is 4.26. The van der Waals surface area contributed by atoms with Crippen molar-refractivity contribution < 1.29 is 9.59 Å². The molecule has 1 atom stereocenters. The van der Waals surface area contributed by atoms with E-state index in [9.17, 15) is 9.59 Å². The summed E-state index contributed by atoms with van der Waals surface area (Å²) in [5, 5.41) is 5.24. The molecule has 3 heterocycles. The van der Waals surface area contributed by atoms with E-state index < -0.39 is 0 Å². The van der Waals surface area contributed by atoms with E-state index in [4.69, 9.17) is 0 Å². The highest BCUT2D eigenvalue weighted by atomic mass is 32.1. The van der Waals surface area contributed by atoms with E-state index in [-0.39, 0.29) is 24.0 Å². The number of carbonyl (C=O) groups excluding carboxylic acids is 2. The topological polar surface area (TPSA) is 52.7 Å². The van der Waals surface area contributed by atoms with E-state index in [1.165, 1.54) is 4.88 Å². The van der Waals surface area contributed by atoms with Gasteiger partial charge in [-0.15, -0.1) is 11.3 Å². The molecule has 5 nitrogen and oxygen atoms in total. The van der Waals surface area contributed by atoms with Crippen LogP contribution in [0.25, 0.3) is 0 Å². The summed E-state index contributed by atoms with van der Waals surface area (Å²) >= 11 is 1.73. The molecule has 6 heteroatoms. The normalized spacial score (nSPS) is 22.9. The van der Waals surface area contributed by atoms with Gasteiger partial charge in [-0.3, -0.25) is 4.79 Å². The van der Waals surface area contributed by atoms with Crippen LogP contribution in [-0.2, 0) is 4.79 Å². The highest BCUT2D eigenvalue weighted by Gasteiger charge is 2.32. The first-order chi connectivity index (χ1) is 10.6. The van der Waals surface area contributed by atoms with Crippen molar-refractivity contribution in [3.05, 3.63) is 22.4 Å². The molecule has 22 heavy (non-hydrogen) atoms. The van der Waals surface area contributed by atoms with Gasteiger partial charge in [-0.2, -0.15) is 0 Å². The van der Waals surface area contributed by atoms with E-state index in [1.807, 2.05) is 15.9 Å². The first-order valence-corrected chi connectivity index (χ1v) is 8.89. The molecule has 1 N–H and O–H groups in total. The van der Waals surface area contributed by atoms with Crippen LogP contribution >= 0.6 is 11.3 Å². The Balaban J connectivity index is 1.55. The predicted octanol–water partition coefficient (Wildman–Crippen LogP) is 2.61. The van der Waals surface area contributed by atoms with Gasteiger partial charge >= 0.3 is 6.03 Å². The maximum absolute atomic E-state index is 12.6. The fraction of sp³-hybridized carbons (Fsp3) is 0.625. The van der Waals surface area contributed by atoms with Crippen LogP contribution in [0.2, 0.25) is 0 Å². The molecule has 0 spiro atoms. The Labute approximate surface area is 135 Å². The molecule has 0 radical (unpaired) electrons. The third-order valence-corrected chi connectivity index (χ3v) is 5.63. The Hall–Kier alpha value is -1.56. The summed E-state index contributed by atoms with van der Waals surface area (Å²) in [4.78, 5) is 29.0. The second-order valence-electron chi connectivity index (χ2n) is 6.10. The molecule has 120 valence electrons. The molecule has 0 saturated carbocycles. The zero-order chi connectivity index (χ0) is 15.5. The molecule has 1 aromatic heterocycles. The quantitative estimate of drug-likeness (QED) is 0.910. The van der Waals surface area contributed by atoms with Crippen LogP contribution in [0.5, 0.6) is 0 Å². The Morgan fingerprint density at radius 1 is 1.23 bits per heavy atom. The maximum Gasteiger partial charge on any atom is 0.318 e. The molecular formula is C16H23N3O2S. The lowest BCUT2D eigenvalue weighted by Gasteiger charge is -2.33. The molecule has 2 fully saturated rings. The van der Waals surface area contributed by atoms with Crippen molar-refractivity contribution in [1.82, 2.24) is 15.1 Å². The summed E-state index contributed by atoms with van der Waals surface area (Å²) in [5.41, 5.74) is 0. The number of thiophene rings is 1. The average molecular weight is 321 g/mol. The molecule has 0 unspecified atom stereocenters. The number of nitrogens with one attached hydrogen (secondary N) is 1. The van der Waals surface area contributed by atoms with Gasteiger partial charge in [-0.25, -0.2) is 4.79 Å². The highest BCUT2D eigenvalue weighted by Crippen LogP contribution is 2.34. The van der Waals surface area contributed by atoms with Gasteiger partial charge < -0.3 is 15.1 Å². The zero-order valence-corrected chi connectivity index (χ0v) is 13.8. The van der Waals surface area contributed by atoms with Crippen molar-refractivity contribution in [2.24, 2.45) is 0 Å². The van der Waals surface area contributed by atoms with Crippen molar-refractivity contribution >= 4 is 23.3 Å². The highest BCUT2D eigenvalue weighted by molar-refractivity contribution is 7.10. The van der Waals surface area contributed by atoms with E-state index >= 15 is 0 Å². The molecule has 3 rings (SSSR count). The molecule has 0 bridgehead atoms. The second kappa shape index (κ2) is 6.69. The van der Waals surface area contributed by atoms with Crippen LogP contribution in [0.4, 0.5) is 4.79 Å². The third kappa shape index (κ3) is 3.27. The van der Waals surface area contributed by atoms with Crippen molar-refractivity contribution in [3.8, 4) is 0 Å². The zero-order valence-electron chi connectivity index (χ0n) is 13.0. The monoisotopic (exact) mass is 321 g/mol. The Bertz CT molecular complexity index is 524. The predicted molar refractivity (Wildman–Crippen MR) is 86.8 cm³/mol. The number of urea groups is 1. The number of amides is 3. The fourth-order valence-electron chi connectivity index (χ4n) is 3.38. The maximum atomic E-state index is 12.6. The Morgan fingerprint density at radius 2 is 2.00 bits per heavy atom. The van der Waals surface area contributed by atoms with Gasteiger partial charge in [0, 0.05) is 37.5 Å². The summed E-state index contributed by atoms with van der Waals surface area (Å²) < 4.78 is 0. The number of piperidine rings is 1. The summed E-state index contributed by atoms with van der Waals surface area (Å²) in [6.45, 7) is 3.93. The number of carbonyl (C=O) groups is 2. The van der Waals surface area contributed by atoms with Crippen LogP contribution in [0.15, 0.2) is 17.5 Å². The number of likely N-dealkylation sites (tertiary alicyclic amines) is 2. The first kappa shape index (κ1) is 15.3. The lowest BCUT2D eigenvalue weighted by Crippen LogP contribution is -2.49. The van der Waals surface area contributed by atoms with Gasteiger partial charge in [0.1, 0.15) is 0 Å². The minimum atomic E-state index is 0.0529. The SMILES string of the molecule is CC(=O)N1CCC(NC(=O)N2CCC[C@H]2c2cccs2)CC1. The van der Waals surface area contributed by atoms with Crippen LogP contribution in [0, 0.1) is 0 Å². The Morgan fingerprint density at radius 3 is 2.64 bits per heavy atom. The molecule has 0 aliphatic carbocycles. The standard InChI is InChI=1S/C16H23N3O2S/c1-12(20)18-9-6-13(7-10-18)17-16(21)19-8-2-4-14(19)15-5-3-11-22-15/h3,5,11,13-14H,2,4,6-10H2,1H3,(H,17,21)/t14-/m0/s1. The van der Waals surface area contributed by atoms with E-state index in [1.54, 1.807) is 18.3 Å². The molecular weight excluding hydrogens is 298 g/mol. The molecule has 3 amide bonds. The molecule has 1 aromatic rings. The second-order valence-corrected chi connectivity index (χ2v) is 7.08. The molecule has 0 aromatic carbocycles. The molecule has 2 aliphatic heterocycles. The van der Waals surface area contributed by atoms with Crippen molar-refractivity contribution in [2.75, 3.05) is 19.6 Å². The number of hydrogen-bond acceptors (Lipinski definition) is 3. The van der Waals surface area contributed by atoms with Crippen LogP contribution in [0.3, 0.4) is 0 Å². The molecule has 2 aliphatic rings. The lowest BCUT2D eigenvalue weighted by atomic mass is 10.1. The van der Waals surface area contributed by atoms with Gasteiger partial charge in [-0.05, 0) is 37.1 Å². The van der Waals surface area contributed by atoms with E-state index in [2.05, 4.69) is 16.8 Å². The van der Waals surface area contributed by atoms with Gasteiger partial charge in [-0.1, -0.05) is 6.07 Å². The van der Waals surface area contributed by atoms with E-state index in [0.717, 1.165) is 45.3 Å². The van der Waals surface area contributed by atoms with Crippen LogP contribution in [0.1, 0.15) is 43.5 Å². The number of hydrogen-bond donors (Lipinski definition) is 1.